The van der Waals surface area contributed by atoms with Gasteiger partial charge in [-0.15, -0.1) is 0 Å². The van der Waals surface area contributed by atoms with Crippen LogP contribution in [0.2, 0.25) is 0 Å². The molecular formula is C11H21NO7. The number of ether oxygens (including phenoxy) is 1. The quantitative estimate of drug-likeness (QED) is 0.213. The minimum absolute atomic E-state index is 0.0791. The maximum absolute atomic E-state index is 11.4. The number of likely N-dealkylation sites (N-methyl/N-ethyl adjacent to an activating group) is 1. The predicted octanol–water partition coefficient (Wildman–Crippen LogP) is -2.83. The molecular weight excluding hydrogens is 258 g/mol. The first-order valence-electron chi connectivity index (χ1n) is 5.91. The van der Waals surface area contributed by atoms with Crippen LogP contribution in [0.4, 0.5) is 0 Å². The number of carbonyl (C=O) groups is 2. The lowest BCUT2D eigenvalue weighted by Gasteiger charge is -2.29. The van der Waals surface area contributed by atoms with E-state index in [-0.39, 0.29) is 19.4 Å². The molecule has 112 valence electrons. The van der Waals surface area contributed by atoms with Gasteiger partial charge in [-0.05, 0) is 13.5 Å². The molecule has 0 aromatic carbocycles. The number of aliphatic hydroxyl groups excluding tert-OH is 4. The lowest BCUT2D eigenvalue weighted by atomic mass is 10.0. The third-order valence-corrected chi connectivity index (χ3v) is 2.56. The number of hydrogen-bond donors (Lipinski definition) is 5. The fraction of sp³-hybridized carbons (Fsp3) is 0.818. The highest BCUT2D eigenvalue weighted by atomic mass is 16.6. The Morgan fingerprint density at radius 1 is 1.37 bits per heavy atom. The van der Waals surface area contributed by atoms with Gasteiger partial charge in [-0.25, -0.2) is 0 Å². The van der Waals surface area contributed by atoms with Gasteiger partial charge in [0, 0.05) is 13.0 Å². The number of carbonyl (C=O) groups excluding carboxylic acids is 2. The Kier molecular flexibility index (Phi) is 9.27. The normalized spacial score (nSPS) is 17.3. The predicted molar refractivity (Wildman–Crippen MR) is 64.2 cm³/mol. The Labute approximate surface area is 111 Å². The highest BCUT2D eigenvalue weighted by molar-refractivity contribution is 5.70. The topological polar surface area (TPSA) is 136 Å². The molecule has 0 amide bonds. The molecule has 0 saturated carbocycles. The fourth-order valence-corrected chi connectivity index (χ4v) is 1.43. The van der Waals surface area contributed by atoms with Crippen LogP contribution >= 0.6 is 0 Å². The molecule has 0 aromatic heterocycles. The largest absolute Gasteiger partial charge is 0.457 e. The number of rotatable bonds is 10. The van der Waals surface area contributed by atoms with E-state index in [4.69, 9.17) is 14.9 Å². The maximum Gasteiger partial charge on any atom is 0.306 e. The molecule has 5 N–H and O–H groups in total. The second kappa shape index (κ2) is 9.82. The van der Waals surface area contributed by atoms with Gasteiger partial charge in [0.2, 0.25) is 0 Å². The molecule has 0 aromatic rings. The van der Waals surface area contributed by atoms with Crippen LogP contribution in [-0.2, 0) is 14.3 Å². The Morgan fingerprint density at radius 3 is 2.42 bits per heavy atom. The Balaban J connectivity index is 4.75. The molecule has 0 rings (SSSR count). The molecule has 19 heavy (non-hydrogen) atoms. The van der Waals surface area contributed by atoms with Gasteiger partial charge in [0.1, 0.15) is 24.5 Å². The first-order chi connectivity index (χ1) is 9.01. The van der Waals surface area contributed by atoms with Crippen molar-refractivity contribution >= 4 is 12.3 Å². The van der Waals surface area contributed by atoms with Crippen molar-refractivity contribution in [2.75, 3.05) is 20.3 Å². The molecule has 0 heterocycles. The maximum atomic E-state index is 11.4. The lowest BCUT2D eigenvalue weighted by Crippen LogP contribution is -2.53. The summed E-state index contributed by atoms with van der Waals surface area (Å²) in [5.74, 6) is -0.717. The van der Waals surface area contributed by atoms with Gasteiger partial charge in [-0.1, -0.05) is 0 Å². The molecule has 0 fully saturated rings. The van der Waals surface area contributed by atoms with Gasteiger partial charge in [-0.2, -0.15) is 0 Å². The van der Waals surface area contributed by atoms with E-state index in [0.29, 0.717) is 6.29 Å². The molecule has 0 aliphatic heterocycles. The summed E-state index contributed by atoms with van der Waals surface area (Å²) in [4.78, 5) is 22.3. The summed E-state index contributed by atoms with van der Waals surface area (Å²) in [5, 5.41) is 39.0. The summed E-state index contributed by atoms with van der Waals surface area (Å²) in [6, 6.07) is -1.02. The van der Waals surface area contributed by atoms with E-state index in [1.54, 1.807) is 0 Å². The van der Waals surface area contributed by atoms with Gasteiger partial charge in [0.15, 0.2) is 6.10 Å². The summed E-state index contributed by atoms with van der Waals surface area (Å²) < 4.78 is 4.92. The van der Waals surface area contributed by atoms with E-state index in [2.05, 4.69) is 5.32 Å². The van der Waals surface area contributed by atoms with E-state index in [9.17, 15) is 19.8 Å². The molecule has 0 spiro atoms. The molecule has 4 atom stereocenters. The molecule has 8 nitrogen and oxygen atoms in total. The van der Waals surface area contributed by atoms with E-state index < -0.39 is 36.9 Å². The average Bonchev–Trinajstić information content (AvgIpc) is 2.43. The highest BCUT2D eigenvalue weighted by Crippen LogP contribution is 2.10. The van der Waals surface area contributed by atoms with Crippen molar-refractivity contribution in [3.8, 4) is 0 Å². The number of aldehydes is 1. The standard InChI is InChI=1S/C11H21NO7/c1-12-7(5-14)11(10(18)8(16)6-15)19-9(17)3-2-4-13/h5,7-8,10-13,15-16,18H,2-4,6H2,1H3/t7-,8+,10+,11+/m0/s1. The molecule has 8 heteroatoms. The Morgan fingerprint density at radius 2 is 2.00 bits per heavy atom. The van der Waals surface area contributed by atoms with Gasteiger partial charge >= 0.3 is 5.97 Å². The number of hydrogen-bond acceptors (Lipinski definition) is 8. The minimum Gasteiger partial charge on any atom is -0.457 e. The zero-order valence-electron chi connectivity index (χ0n) is 10.7. The van der Waals surface area contributed by atoms with Crippen LogP contribution in [0.5, 0.6) is 0 Å². The second-order valence-electron chi connectivity index (χ2n) is 3.97. The Bertz CT molecular complexity index is 274. The second-order valence-corrected chi connectivity index (χ2v) is 3.97. The van der Waals surface area contributed by atoms with E-state index in [0.717, 1.165) is 0 Å². The van der Waals surface area contributed by atoms with Crippen LogP contribution in [-0.4, -0.2) is 77.3 Å². The van der Waals surface area contributed by atoms with Crippen LogP contribution in [0.1, 0.15) is 12.8 Å². The van der Waals surface area contributed by atoms with Crippen molar-refractivity contribution in [1.82, 2.24) is 5.32 Å². The van der Waals surface area contributed by atoms with Gasteiger partial charge < -0.3 is 35.3 Å². The fourth-order valence-electron chi connectivity index (χ4n) is 1.43. The van der Waals surface area contributed by atoms with Crippen molar-refractivity contribution < 1.29 is 34.8 Å². The van der Waals surface area contributed by atoms with Gasteiger partial charge in [-0.3, -0.25) is 4.79 Å². The third kappa shape index (κ3) is 6.08. The van der Waals surface area contributed by atoms with E-state index in [1.165, 1.54) is 7.05 Å². The summed E-state index contributed by atoms with van der Waals surface area (Å²) in [6.45, 7) is -0.925. The van der Waals surface area contributed by atoms with Crippen LogP contribution in [0, 0.1) is 0 Å². The molecule has 0 aliphatic carbocycles. The molecule has 0 unspecified atom stereocenters. The van der Waals surface area contributed by atoms with Gasteiger partial charge in [0.25, 0.3) is 0 Å². The summed E-state index contributed by atoms with van der Waals surface area (Å²) >= 11 is 0. The molecule has 0 bridgehead atoms. The third-order valence-electron chi connectivity index (χ3n) is 2.56. The van der Waals surface area contributed by atoms with Crippen LogP contribution in [0.3, 0.4) is 0 Å². The smallest absolute Gasteiger partial charge is 0.306 e. The zero-order valence-corrected chi connectivity index (χ0v) is 10.7. The summed E-state index contributed by atoms with van der Waals surface area (Å²) in [5.41, 5.74) is 0. The molecule has 0 aliphatic rings. The number of esters is 1. The van der Waals surface area contributed by atoms with Crippen molar-refractivity contribution in [3.05, 3.63) is 0 Å². The first-order valence-corrected chi connectivity index (χ1v) is 5.91. The van der Waals surface area contributed by atoms with E-state index >= 15 is 0 Å². The molecule has 0 saturated heterocycles. The summed E-state index contributed by atoms with van der Waals surface area (Å²) in [7, 11) is 1.42. The lowest BCUT2D eigenvalue weighted by molar-refractivity contribution is -0.165. The summed E-state index contributed by atoms with van der Waals surface area (Å²) in [6.07, 6.45) is -3.93. The number of aliphatic hydroxyl groups is 4. The zero-order chi connectivity index (χ0) is 14.8. The molecule has 0 radical (unpaired) electrons. The van der Waals surface area contributed by atoms with Crippen molar-refractivity contribution in [2.45, 2.75) is 37.2 Å². The van der Waals surface area contributed by atoms with Crippen LogP contribution in [0.15, 0.2) is 0 Å². The SMILES string of the molecule is CN[C@@H](C=O)[C@@H](OC(=O)CCCO)[C@H](O)[C@H](O)CO. The monoisotopic (exact) mass is 279 g/mol. The van der Waals surface area contributed by atoms with Crippen molar-refractivity contribution in [2.24, 2.45) is 0 Å². The van der Waals surface area contributed by atoms with Gasteiger partial charge in [0.05, 0.1) is 6.61 Å². The van der Waals surface area contributed by atoms with E-state index in [1.807, 2.05) is 0 Å². The van der Waals surface area contributed by atoms with Crippen LogP contribution < -0.4 is 5.32 Å². The van der Waals surface area contributed by atoms with Crippen molar-refractivity contribution in [3.63, 3.8) is 0 Å². The first kappa shape index (κ1) is 17.9. The average molecular weight is 279 g/mol. The highest BCUT2D eigenvalue weighted by Gasteiger charge is 2.35. The minimum atomic E-state index is -1.61. The van der Waals surface area contributed by atoms with Crippen molar-refractivity contribution in [1.29, 1.82) is 0 Å². The number of nitrogens with one attached hydrogen (secondary N) is 1. The van der Waals surface area contributed by atoms with Crippen LogP contribution in [0.25, 0.3) is 0 Å². The Hall–Kier alpha value is -1.06.